The van der Waals surface area contributed by atoms with Crippen LogP contribution in [0, 0.1) is 0 Å². The van der Waals surface area contributed by atoms with Gasteiger partial charge in [-0.05, 0) is 23.3 Å². The highest BCUT2D eigenvalue weighted by atomic mass is 16.5. The van der Waals surface area contributed by atoms with Gasteiger partial charge in [0, 0.05) is 43.4 Å². The second-order valence-corrected chi connectivity index (χ2v) is 7.96. The maximum Gasteiger partial charge on any atom is 0.225 e. The Hall–Kier alpha value is -3.19. The summed E-state index contributed by atoms with van der Waals surface area (Å²) in [6, 6.07) is 12.3. The van der Waals surface area contributed by atoms with Crippen LogP contribution in [0.2, 0.25) is 0 Å². The van der Waals surface area contributed by atoms with Crippen LogP contribution in [0.3, 0.4) is 0 Å². The van der Waals surface area contributed by atoms with Crippen LogP contribution in [0.15, 0.2) is 42.6 Å². The lowest BCUT2D eigenvalue weighted by molar-refractivity contribution is -0.131. The first-order valence-electron chi connectivity index (χ1n) is 10.7. The third kappa shape index (κ3) is 3.93. The number of morpholine rings is 1. The average Bonchev–Trinajstić information content (AvgIpc) is 3.26. The molecule has 2 aromatic carbocycles. The number of hydrogen-bond donors (Lipinski definition) is 0. The van der Waals surface area contributed by atoms with E-state index in [0.717, 1.165) is 52.4 Å². The summed E-state index contributed by atoms with van der Waals surface area (Å²) in [7, 11) is 1.68. The van der Waals surface area contributed by atoms with Gasteiger partial charge in [-0.15, -0.1) is 0 Å². The summed E-state index contributed by atoms with van der Waals surface area (Å²) in [5.74, 6) is 1.69. The molecule has 0 N–H and O–H groups in total. The Morgan fingerprint density at radius 3 is 2.81 bits per heavy atom. The van der Waals surface area contributed by atoms with Gasteiger partial charge in [-0.25, -0.2) is 9.97 Å². The van der Waals surface area contributed by atoms with Crippen LogP contribution in [0.5, 0.6) is 5.75 Å². The van der Waals surface area contributed by atoms with E-state index in [1.807, 2.05) is 29.3 Å². The van der Waals surface area contributed by atoms with Crippen molar-refractivity contribution in [2.75, 3.05) is 38.3 Å². The molecule has 31 heavy (non-hydrogen) atoms. The Morgan fingerprint density at radius 2 is 1.97 bits per heavy atom. The molecular weight excluding hydrogens is 392 g/mol. The molecule has 0 radical (unpaired) electrons. The van der Waals surface area contributed by atoms with Crippen molar-refractivity contribution in [2.45, 2.75) is 25.9 Å². The molecule has 2 aliphatic heterocycles. The Kier molecular flexibility index (Phi) is 5.42. The van der Waals surface area contributed by atoms with E-state index in [4.69, 9.17) is 14.5 Å². The highest BCUT2D eigenvalue weighted by molar-refractivity contribution is 5.88. The third-order valence-corrected chi connectivity index (χ3v) is 6.10. The maximum atomic E-state index is 13.0. The van der Waals surface area contributed by atoms with E-state index >= 15 is 0 Å². The second-order valence-electron chi connectivity index (χ2n) is 7.96. The molecule has 0 aliphatic carbocycles. The number of carbonyl (C=O) groups excluding carboxylic acids is 1. The summed E-state index contributed by atoms with van der Waals surface area (Å²) in [4.78, 5) is 26.3. The Morgan fingerprint density at radius 1 is 1.13 bits per heavy atom. The quantitative estimate of drug-likeness (QED) is 0.635. The smallest absolute Gasteiger partial charge is 0.225 e. The van der Waals surface area contributed by atoms with Crippen LogP contribution < -0.4 is 9.64 Å². The topological polar surface area (TPSA) is 67.8 Å². The lowest BCUT2D eigenvalue weighted by Crippen LogP contribution is -2.37. The summed E-state index contributed by atoms with van der Waals surface area (Å²) in [6.45, 7) is 4.11. The van der Waals surface area contributed by atoms with Crippen LogP contribution in [0.1, 0.15) is 23.2 Å². The number of fused-ring (bicyclic) bond motifs is 2. The van der Waals surface area contributed by atoms with Crippen LogP contribution in [0.25, 0.3) is 10.8 Å². The SMILES string of the molecule is COc1ccc2ccccc2c1CCC(=O)N1Cc2cnc(N3CCOCC3)nc2C1. The number of anilines is 1. The standard InChI is InChI=1S/C24H26N4O3/c1-30-22-8-6-17-4-2-3-5-19(17)20(22)7-9-23(29)28-15-18-14-25-24(26-21(18)16-28)27-10-12-31-13-11-27/h2-6,8,14H,7,9-13,15-16H2,1H3. The van der Waals surface area contributed by atoms with Gasteiger partial charge in [-0.3, -0.25) is 4.79 Å². The predicted octanol–water partition coefficient (Wildman–Crippen LogP) is 2.95. The van der Waals surface area contributed by atoms with Gasteiger partial charge in [0.05, 0.1) is 32.6 Å². The lowest BCUT2D eigenvalue weighted by Gasteiger charge is -2.26. The van der Waals surface area contributed by atoms with Gasteiger partial charge in [0.15, 0.2) is 0 Å². The van der Waals surface area contributed by atoms with Crippen molar-refractivity contribution < 1.29 is 14.3 Å². The van der Waals surface area contributed by atoms with E-state index in [-0.39, 0.29) is 5.91 Å². The lowest BCUT2D eigenvalue weighted by atomic mass is 9.99. The van der Waals surface area contributed by atoms with E-state index in [2.05, 4.69) is 28.1 Å². The number of methoxy groups -OCH3 is 1. The van der Waals surface area contributed by atoms with Crippen LogP contribution >= 0.6 is 0 Å². The minimum absolute atomic E-state index is 0.126. The fourth-order valence-corrected chi connectivity index (χ4v) is 4.39. The summed E-state index contributed by atoms with van der Waals surface area (Å²) in [6.07, 6.45) is 2.94. The number of nitrogens with zero attached hydrogens (tertiary/aromatic N) is 4. The maximum absolute atomic E-state index is 13.0. The molecule has 1 fully saturated rings. The molecule has 3 aromatic rings. The molecule has 0 saturated carbocycles. The fourth-order valence-electron chi connectivity index (χ4n) is 4.39. The van der Waals surface area contributed by atoms with Crippen LogP contribution in [-0.2, 0) is 29.0 Å². The molecule has 160 valence electrons. The number of ether oxygens (including phenoxy) is 2. The number of aryl methyl sites for hydroxylation is 1. The molecule has 1 aromatic heterocycles. The van der Waals surface area contributed by atoms with E-state index in [9.17, 15) is 4.79 Å². The van der Waals surface area contributed by atoms with Crippen molar-refractivity contribution in [2.24, 2.45) is 0 Å². The number of hydrogen-bond acceptors (Lipinski definition) is 6. The monoisotopic (exact) mass is 418 g/mol. The molecule has 0 spiro atoms. The zero-order chi connectivity index (χ0) is 21.2. The number of amides is 1. The molecule has 1 saturated heterocycles. The largest absolute Gasteiger partial charge is 0.496 e. The Balaban J connectivity index is 1.28. The Bertz CT molecular complexity index is 1110. The van der Waals surface area contributed by atoms with Crippen LogP contribution in [-0.4, -0.2) is 54.2 Å². The van der Waals surface area contributed by atoms with Gasteiger partial charge >= 0.3 is 0 Å². The van der Waals surface area contributed by atoms with E-state index in [0.29, 0.717) is 39.1 Å². The van der Waals surface area contributed by atoms with Crippen molar-refractivity contribution in [3.63, 3.8) is 0 Å². The highest BCUT2D eigenvalue weighted by Crippen LogP contribution is 2.30. The van der Waals surface area contributed by atoms with Crippen molar-refractivity contribution in [1.82, 2.24) is 14.9 Å². The van der Waals surface area contributed by atoms with E-state index < -0.39 is 0 Å². The number of aromatic nitrogens is 2. The van der Waals surface area contributed by atoms with E-state index in [1.54, 1.807) is 7.11 Å². The number of carbonyl (C=O) groups is 1. The summed E-state index contributed by atoms with van der Waals surface area (Å²) in [5, 5.41) is 2.30. The van der Waals surface area contributed by atoms with Crippen molar-refractivity contribution in [3.8, 4) is 5.75 Å². The van der Waals surface area contributed by atoms with Crippen molar-refractivity contribution >= 4 is 22.6 Å². The first kappa shape index (κ1) is 19.8. The minimum Gasteiger partial charge on any atom is -0.496 e. The Labute approximate surface area is 181 Å². The number of rotatable bonds is 5. The zero-order valence-electron chi connectivity index (χ0n) is 17.7. The van der Waals surface area contributed by atoms with E-state index in [1.165, 1.54) is 0 Å². The van der Waals surface area contributed by atoms with Gasteiger partial charge in [0.25, 0.3) is 0 Å². The molecule has 7 nitrogen and oxygen atoms in total. The van der Waals surface area contributed by atoms with Gasteiger partial charge in [0.2, 0.25) is 11.9 Å². The van der Waals surface area contributed by atoms with Gasteiger partial charge in [-0.2, -0.15) is 0 Å². The second kappa shape index (κ2) is 8.51. The van der Waals surface area contributed by atoms with Gasteiger partial charge in [0.1, 0.15) is 5.75 Å². The molecule has 5 rings (SSSR count). The van der Waals surface area contributed by atoms with Crippen molar-refractivity contribution in [1.29, 1.82) is 0 Å². The molecule has 2 aliphatic rings. The molecule has 3 heterocycles. The molecule has 7 heteroatoms. The number of benzene rings is 2. The van der Waals surface area contributed by atoms with Crippen LogP contribution in [0.4, 0.5) is 5.95 Å². The normalized spacial score (nSPS) is 15.9. The molecule has 1 amide bonds. The predicted molar refractivity (Wildman–Crippen MR) is 118 cm³/mol. The average molecular weight is 418 g/mol. The molecule has 0 unspecified atom stereocenters. The first-order chi connectivity index (χ1) is 15.2. The summed E-state index contributed by atoms with van der Waals surface area (Å²) < 4.78 is 11.0. The van der Waals surface area contributed by atoms with Gasteiger partial charge in [-0.1, -0.05) is 30.3 Å². The molecular formula is C24H26N4O3. The summed E-state index contributed by atoms with van der Waals surface area (Å²) in [5.41, 5.74) is 3.07. The van der Waals surface area contributed by atoms with Crippen molar-refractivity contribution in [3.05, 3.63) is 59.4 Å². The summed E-state index contributed by atoms with van der Waals surface area (Å²) >= 11 is 0. The minimum atomic E-state index is 0.126. The fraction of sp³-hybridized carbons (Fsp3) is 0.375. The highest BCUT2D eigenvalue weighted by Gasteiger charge is 2.26. The van der Waals surface area contributed by atoms with Gasteiger partial charge < -0.3 is 19.3 Å². The first-order valence-corrected chi connectivity index (χ1v) is 10.7. The third-order valence-electron chi connectivity index (χ3n) is 6.10. The molecule has 0 bridgehead atoms. The molecule has 0 atom stereocenters. The zero-order valence-corrected chi connectivity index (χ0v) is 17.7.